The smallest absolute Gasteiger partial charge is 0.0594 e. The summed E-state index contributed by atoms with van der Waals surface area (Å²) in [6, 6.07) is 2.47. The van der Waals surface area contributed by atoms with E-state index in [-0.39, 0.29) is 0 Å². The van der Waals surface area contributed by atoms with E-state index in [1.165, 1.54) is 0 Å². The van der Waals surface area contributed by atoms with E-state index in [1.54, 1.807) is 0 Å². The van der Waals surface area contributed by atoms with Crippen LogP contribution in [0, 0.1) is 0 Å². The second kappa shape index (κ2) is 6.74. The van der Waals surface area contributed by atoms with Crippen LogP contribution >= 0.6 is 0 Å². The number of aromatic nitrogens is 2. The molecular formula is C12H22N4O. The highest BCUT2D eigenvalue weighted by Crippen LogP contribution is 1.98. The average molecular weight is 238 g/mol. The van der Waals surface area contributed by atoms with Crippen molar-refractivity contribution in [3.63, 3.8) is 0 Å². The van der Waals surface area contributed by atoms with Gasteiger partial charge in [0.05, 0.1) is 19.8 Å². The van der Waals surface area contributed by atoms with Crippen molar-refractivity contribution in [3.8, 4) is 0 Å². The van der Waals surface area contributed by atoms with Crippen molar-refractivity contribution >= 4 is 0 Å². The molecule has 1 aromatic heterocycles. The van der Waals surface area contributed by atoms with E-state index in [9.17, 15) is 0 Å². The number of hydrogen-bond acceptors (Lipinski definition) is 4. The number of morpholine rings is 1. The molecule has 17 heavy (non-hydrogen) atoms. The molecule has 0 spiro atoms. The number of hydrogen-bond donors (Lipinski definition) is 1. The van der Waals surface area contributed by atoms with Crippen LogP contribution < -0.4 is 5.32 Å². The fourth-order valence-corrected chi connectivity index (χ4v) is 2.09. The summed E-state index contributed by atoms with van der Waals surface area (Å²) >= 11 is 0. The lowest BCUT2D eigenvalue weighted by atomic mass is 10.3. The van der Waals surface area contributed by atoms with Crippen LogP contribution in [-0.4, -0.2) is 60.1 Å². The summed E-state index contributed by atoms with van der Waals surface area (Å²) in [5, 5.41) is 7.70. The summed E-state index contributed by atoms with van der Waals surface area (Å²) < 4.78 is 7.29. The highest BCUT2D eigenvalue weighted by Gasteiger charge is 2.12. The van der Waals surface area contributed by atoms with Gasteiger partial charge in [0, 0.05) is 44.6 Å². The first-order chi connectivity index (χ1) is 8.34. The lowest BCUT2D eigenvalue weighted by Gasteiger charge is -2.29. The predicted molar refractivity (Wildman–Crippen MR) is 67.0 cm³/mol. The molecule has 0 aromatic carbocycles. The number of rotatable bonds is 6. The normalized spacial score (nSPS) is 19.4. The molecule has 1 aromatic rings. The second-order valence-electron chi connectivity index (χ2n) is 4.54. The molecule has 1 atom stereocenters. The molecule has 1 fully saturated rings. The predicted octanol–water partition coefficient (Wildman–Crippen LogP) is 0.193. The Labute approximate surface area is 103 Å². The van der Waals surface area contributed by atoms with Crippen LogP contribution in [0.3, 0.4) is 0 Å². The maximum Gasteiger partial charge on any atom is 0.0594 e. The minimum atomic E-state index is 0.517. The molecule has 0 bridgehead atoms. The van der Waals surface area contributed by atoms with Crippen LogP contribution in [0.2, 0.25) is 0 Å². The van der Waals surface area contributed by atoms with Gasteiger partial charge < -0.3 is 10.1 Å². The van der Waals surface area contributed by atoms with Crippen LogP contribution in [0.5, 0.6) is 0 Å². The van der Waals surface area contributed by atoms with Crippen molar-refractivity contribution in [1.82, 2.24) is 20.0 Å². The molecule has 1 unspecified atom stereocenters. The third-order valence-corrected chi connectivity index (χ3v) is 3.03. The monoisotopic (exact) mass is 238 g/mol. The van der Waals surface area contributed by atoms with Crippen LogP contribution in [0.4, 0.5) is 0 Å². The summed E-state index contributed by atoms with van der Waals surface area (Å²) in [5.74, 6) is 0. The van der Waals surface area contributed by atoms with Crippen molar-refractivity contribution in [1.29, 1.82) is 0 Å². The van der Waals surface area contributed by atoms with Gasteiger partial charge in [-0.2, -0.15) is 5.10 Å². The number of ether oxygens (including phenoxy) is 1. The average Bonchev–Trinajstić information content (AvgIpc) is 2.83. The first-order valence-electron chi connectivity index (χ1n) is 6.35. The first kappa shape index (κ1) is 12.5. The van der Waals surface area contributed by atoms with Gasteiger partial charge in [-0.25, -0.2) is 0 Å². The summed E-state index contributed by atoms with van der Waals surface area (Å²) in [7, 11) is 0. The lowest BCUT2D eigenvalue weighted by Crippen LogP contribution is -2.45. The largest absolute Gasteiger partial charge is 0.379 e. The van der Waals surface area contributed by atoms with Gasteiger partial charge >= 0.3 is 0 Å². The molecule has 1 N–H and O–H groups in total. The van der Waals surface area contributed by atoms with Gasteiger partial charge in [-0.15, -0.1) is 0 Å². The molecule has 1 saturated heterocycles. The molecule has 1 aliphatic heterocycles. The quantitative estimate of drug-likeness (QED) is 0.768. The van der Waals surface area contributed by atoms with Crippen LogP contribution in [-0.2, 0) is 11.3 Å². The molecule has 2 heterocycles. The van der Waals surface area contributed by atoms with Gasteiger partial charge in [-0.05, 0) is 13.0 Å². The number of nitrogens with one attached hydrogen (secondary N) is 1. The van der Waals surface area contributed by atoms with Crippen molar-refractivity contribution < 1.29 is 4.74 Å². The highest BCUT2D eigenvalue weighted by atomic mass is 16.5. The maximum absolute atomic E-state index is 5.34. The van der Waals surface area contributed by atoms with Gasteiger partial charge in [-0.1, -0.05) is 0 Å². The molecule has 5 nitrogen and oxygen atoms in total. The molecule has 96 valence electrons. The van der Waals surface area contributed by atoms with Gasteiger partial charge in [-0.3, -0.25) is 9.58 Å². The molecule has 0 saturated carbocycles. The van der Waals surface area contributed by atoms with Crippen molar-refractivity contribution in [2.45, 2.75) is 19.5 Å². The Hall–Kier alpha value is -0.910. The Balaban J connectivity index is 1.58. The fraction of sp³-hybridized carbons (Fsp3) is 0.750. The van der Waals surface area contributed by atoms with Crippen molar-refractivity contribution in [2.75, 3.05) is 39.4 Å². The van der Waals surface area contributed by atoms with E-state index in [0.717, 1.165) is 45.9 Å². The van der Waals surface area contributed by atoms with E-state index >= 15 is 0 Å². The van der Waals surface area contributed by atoms with E-state index in [0.29, 0.717) is 6.04 Å². The first-order valence-corrected chi connectivity index (χ1v) is 6.35. The molecule has 0 radical (unpaired) electrons. The summed E-state index contributed by atoms with van der Waals surface area (Å²) in [4.78, 5) is 2.45. The summed E-state index contributed by atoms with van der Waals surface area (Å²) in [6.45, 7) is 9.10. The fourth-order valence-electron chi connectivity index (χ4n) is 2.09. The van der Waals surface area contributed by atoms with Gasteiger partial charge in [0.1, 0.15) is 0 Å². The Kier molecular flexibility index (Phi) is 4.97. The molecule has 5 heteroatoms. The van der Waals surface area contributed by atoms with E-state index in [2.05, 4.69) is 22.2 Å². The lowest BCUT2D eigenvalue weighted by molar-refractivity contribution is 0.0344. The Morgan fingerprint density at radius 3 is 2.94 bits per heavy atom. The van der Waals surface area contributed by atoms with Crippen molar-refractivity contribution in [3.05, 3.63) is 18.5 Å². The Morgan fingerprint density at radius 1 is 1.41 bits per heavy atom. The third-order valence-electron chi connectivity index (χ3n) is 3.03. The highest BCUT2D eigenvalue weighted by molar-refractivity contribution is 4.78. The zero-order valence-electron chi connectivity index (χ0n) is 10.5. The second-order valence-corrected chi connectivity index (χ2v) is 4.54. The Morgan fingerprint density at radius 2 is 2.24 bits per heavy atom. The van der Waals surface area contributed by atoms with Gasteiger partial charge in [0.2, 0.25) is 0 Å². The molecule has 1 aliphatic rings. The van der Waals surface area contributed by atoms with Crippen LogP contribution in [0.15, 0.2) is 18.5 Å². The van der Waals surface area contributed by atoms with Crippen molar-refractivity contribution in [2.24, 2.45) is 0 Å². The number of nitrogens with zero attached hydrogens (tertiary/aromatic N) is 3. The molecular weight excluding hydrogens is 216 g/mol. The minimum absolute atomic E-state index is 0.517. The van der Waals surface area contributed by atoms with E-state index in [1.807, 2.05) is 23.1 Å². The van der Waals surface area contributed by atoms with Crippen LogP contribution in [0.1, 0.15) is 6.92 Å². The zero-order valence-corrected chi connectivity index (χ0v) is 10.5. The summed E-state index contributed by atoms with van der Waals surface area (Å²) in [6.07, 6.45) is 3.81. The zero-order chi connectivity index (χ0) is 11.9. The van der Waals surface area contributed by atoms with Gasteiger partial charge in [0.15, 0.2) is 0 Å². The standard InChI is InChI=1S/C12H22N4O/c1-12(11-15-7-9-17-10-8-15)13-4-6-16-5-2-3-14-16/h2-3,5,12-13H,4,6-11H2,1H3. The Bertz CT molecular complexity index is 295. The molecule has 0 aliphatic carbocycles. The maximum atomic E-state index is 5.34. The van der Waals surface area contributed by atoms with Crippen LogP contribution in [0.25, 0.3) is 0 Å². The third kappa shape index (κ3) is 4.46. The topological polar surface area (TPSA) is 42.3 Å². The van der Waals surface area contributed by atoms with E-state index < -0.39 is 0 Å². The molecule has 2 rings (SSSR count). The minimum Gasteiger partial charge on any atom is -0.379 e. The van der Waals surface area contributed by atoms with E-state index in [4.69, 9.17) is 4.74 Å². The van der Waals surface area contributed by atoms with Gasteiger partial charge in [0.25, 0.3) is 0 Å². The SMILES string of the molecule is CC(CN1CCOCC1)NCCn1cccn1. The molecule has 0 amide bonds. The summed E-state index contributed by atoms with van der Waals surface area (Å²) in [5.41, 5.74) is 0.